The van der Waals surface area contributed by atoms with E-state index < -0.39 is 35.9 Å². The maximum absolute atomic E-state index is 13.9. The van der Waals surface area contributed by atoms with E-state index in [1.807, 2.05) is 0 Å². The molecule has 3 aliphatic rings. The lowest BCUT2D eigenvalue weighted by Gasteiger charge is -2.18. The Hall–Kier alpha value is -4.12. The quantitative estimate of drug-likeness (QED) is 0.0442. The first-order chi connectivity index (χ1) is 31.3. The zero-order valence-corrected chi connectivity index (χ0v) is 41.1. The van der Waals surface area contributed by atoms with Crippen LogP contribution in [0.5, 0.6) is 0 Å². The molecule has 12 nitrogen and oxygen atoms in total. The minimum absolute atomic E-state index is 0.0117. The van der Waals surface area contributed by atoms with Crippen LogP contribution in [0.3, 0.4) is 0 Å². The number of hydrogen-bond donors (Lipinski definition) is 0. The van der Waals surface area contributed by atoms with Gasteiger partial charge < -0.3 is 8.96 Å². The van der Waals surface area contributed by atoms with Crippen molar-refractivity contribution >= 4 is 92.2 Å². The van der Waals surface area contributed by atoms with Crippen LogP contribution in [0, 0.1) is 0 Å². The van der Waals surface area contributed by atoms with Crippen LogP contribution >= 0.6 is 11.5 Å². The molecule has 5 aromatic rings. The van der Waals surface area contributed by atoms with E-state index >= 15 is 0 Å². The zero-order chi connectivity index (χ0) is 45.9. The minimum Gasteiger partial charge on any atom is -0.319 e. The monoisotopic (exact) mass is 958 g/mol. The molecule has 17 heteroatoms. The Morgan fingerprint density at radius 1 is 0.431 bits per heavy atom. The Morgan fingerprint density at radius 3 is 1.42 bits per heavy atom. The van der Waals surface area contributed by atoms with Crippen LogP contribution in [-0.4, -0.2) is 69.5 Å². The van der Waals surface area contributed by atoms with Gasteiger partial charge in [0.1, 0.15) is 22.6 Å². The minimum atomic E-state index is -3.68. The smallest absolute Gasteiger partial charge is 0.319 e. The lowest BCUT2D eigenvalue weighted by Crippen LogP contribution is -2.44. The number of hydrogen-bond acceptors (Lipinski definition) is 10. The predicted octanol–water partition coefficient (Wildman–Crippen LogP) is 10.4. The molecule has 0 radical (unpaired) electrons. The summed E-state index contributed by atoms with van der Waals surface area (Å²) in [6, 6.07) is 14.9. The Morgan fingerprint density at radius 2 is 0.862 bits per heavy atom. The summed E-state index contributed by atoms with van der Waals surface area (Å²) in [7, 11) is -11.0. The van der Waals surface area contributed by atoms with E-state index in [9.17, 15) is 25.3 Å². The highest BCUT2D eigenvalue weighted by molar-refractivity contribution is 7.92. The van der Waals surface area contributed by atoms with Gasteiger partial charge in [-0.25, -0.2) is 45.2 Å². The number of amidine groups is 2. The molecule has 3 aliphatic heterocycles. The summed E-state index contributed by atoms with van der Waals surface area (Å²) in [5, 5.41) is 2.19. The number of benzene rings is 3. The lowest BCUT2D eigenvalue weighted by molar-refractivity contribution is 0.582. The first-order valence-corrected chi connectivity index (χ1v) is 29.1. The second-order valence-corrected chi connectivity index (χ2v) is 24.5. The summed E-state index contributed by atoms with van der Waals surface area (Å²) in [5.41, 5.74) is 1.83. The predicted molar refractivity (Wildman–Crippen MR) is 264 cm³/mol. The molecule has 65 heavy (non-hydrogen) atoms. The number of sulfone groups is 3. The fourth-order valence-electron chi connectivity index (χ4n) is 9.25. The second-order valence-electron chi connectivity index (χ2n) is 17.8. The summed E-state index contributed by atoms with van der Waals surface area (Å²) in [5.74, 6) is 1.30. The van der Waals surface area contributed by atoms with Gasteiger partial charge in [0.2, 0.25) is 0 Å². The van der Waals surface area contributed by atoms with Gasteiger partial charge in [-0.1, -0.05) is 117 Å². The molecule has 0 unspecified atom stereocenters. The number of fused-ring (bicyclic) bond motifs is 10. The van der Waals surface area contributed by atoms with E-state index in [1.165, 1.54) is 0 Å². The molecule has 0 amide bonds. The van der Waals surface area contributed by atoms with E-state index in [0.29, 0.717) is 80.4 Å². The highest BCUT2D eigenvalue weighted by Gasteiger charge is 2.37. The molecular formula is C48H60BClN6O6S3. The maximum Gasteiger partial charge on any atom is 0.499 e. The van der Waals surface area contributed by atoms with Crippen molar-refractivity contribution in [2.45, 2.75) is 151 Å². The Balaban J connectivity index is 1.28. The van der Waals surface area contributed by atoms with Gasteiger partial charge in [0.15, 0.2) is 41.2 Å². The standard InChI is InChI=1S/C48H60BClN6O6S3/c1-4-7-10-13-16-19-28-63(57,58)34-22-25-37-40(31-34)44-51-43(37)52-45-38-26-23-35(64(59,60)29-20-17-14-11-8-5-2)32-41(38)47-54-48-42-33-36(65(61,62)30-21-18-15-12-9-6-3)24-27-39(42)46(53-44)56(48)49(50)55(45)47/h22-27,31-33H,4-21,28-30H2,1-3H3. The third kappa shape index (κ3) is 9.69. The summed E-state index contributed by atoms with van der Waals surface area (Å²) in [6.45, 7) is 6.45. The molecule has 3 aromatic carbocycles. The van der Waals surface area contributed by atoms with Gasteiger partial charge in [0.05, 0.1) is 31.9 Å². The van der Waals surface area contributed by atoms with Crippen LogP contribution in [0.1, 0.15) is 147 Å². The average Bonchev–Trinajstić information content (AvgIpc) is 3.91. The Labute approximate surface area is 389 Å². The van der Waals surface area contributed by atoms with Gasteiger partial charge in [0.25, 0.3) is 0 Å². The van der Waals surface area contributed by atoms with Crippen LogP contribution in [-0.2, 0) is 29.5 Å². The summed E-state index contributed by atoms with van der Waals surface area (Å²) < 4.78 is 86.5. The molecular weight excluding hydrogens is 899 g/mol. The highest BCUT2D eigenvalue weighted by atomic mass is 35.5. The number of halogens is 1. The molecule has 4 bridgehead atoms. The summed E-state index contributed by atoms with van der Waals surface area (Å²) in [6.07, 6.45) is 16.1. The molecule has 5 heterocycles. The molecule has 0 aliphatic carbocycles. The van der Waals surface area contributed by atoms with Gasteiger partial charge in [0, 0.05) is 32.7 Å². The van der Waals surface area contributed by atoms with E-state index in [-0.39, 0.29) is 37.8 Å². The Kier molecular flexibility index (Phi) is 14.6. The zero-order valence-electron chi connectivity index (χ0n) is 37.9. The molecule has 8 rings (SSSR count). The van der Waals surface area contributed by atoms with Crippen LogP contribution < -0.4 is 11.0 Å². The van der Waals surface area contributed by atoms with Crippen molar-refractivity contribution in [2.75, 3.05) is 17.3 Å². The van der Waals surface area contributed by atoms with E-state index in [2.05, 4.69) is 20.8 Å². The van der Waals surface area contributed by atoms with Crippen molar-refractivity contribution in [3.63, 3.8) is 0 Å². The van der Waals surface area contributed by atoms with Crippen molar-refractivity contribution in [3.8, 4) is 0 Å². The van der Waals surface area contributed by atoms with Gasteiger partial charge in [-0.15, -0.1) is 11.5 Å². The maximum atomic E-state index is 13.9. The summed E-state index contributed by atoms with van der Waals surface area (Å²) in [4.78, 5) is 20.8. The number of nitrogens with zero attached hydrogens (tertiary/aromatic N) is 6. The molecule has 0 saturated carbocycles. The normalized spacial score (nSPS) is 14.4. The van der Waals surface area contributed by atoms with E-state index in [1.54, 1.807) is 63.6 Å². The fraction of sp³-hybridized carbons (Fsp3) is 0.500. The van der Waals surface area contributed by atoms with Gasteiger partial charge in [-0.3, -0.25) is 0 Å². The first-order valence-electron chi connectivity index (χ1n) is 23.7. The van der Waals surface area contributed by atoms with Crippen LogP contribution in [0.2, 0.25) is 0 Å². The molecule has 0 atom stereocenters. The van der Waals surface area contributed by atoms with Crippen molar-refractivity contribution < 1.29 is 25.3 Å². The molecule has 0 fully saturated rings. The van der Waals surface area contributed by atoms with Crippen LogP contribution in [0.25, 0.3) is 21.5 Å². The first kappa shape index (κ1) is 47.4. The number of unbranched alkanes of at least 4 members (excludes halogenated alkanes) is 15. The number of rotatable bonds is 24. The fourth-order valence-corrected chi connectivity index (χ4v) is 13.8. The van der Waals surface area contributed by atoms with Crippen molar-refractivity contribution in [1.29, 1.82) is 0 Å². The Bertz CT molecular complexity index is 3160. The van der Waals surface area contributed by atoms with Gasteiger partial charge in [-0.05, 0) is 73.9 Å². The third-order valence-corrected chi connectivity index (χ3v) is 18.8. The van der Waals surface area contributed by atoms with Gasteiger partial charge in [-0.2, -0.15) is 0 Å². The molecule has 0 saturated heterocycles. The average molecular weight is 960 g/mol. The van der Waals surface area contributed by atoms with Crippen LogP contribution in [0.15, 0.2) is 89.3 Å². The SMILES string of the molecule is CCCCCCCCS(=O)(=O)c1ccc2c(c1)C1=Nc3c4ccc(S(=O)(=O)CCCCCCCC)cc4c4n3B(Cl)n3c(c5ccc(S(=O)(=O)CCCCCCCC)cc5c3=N4)=NC2=N1. The highest BCUT2D eigenvalue weighted by Crippen LogP contribution is 2.42. The lowest BCUT2D eigenvalue weighted by atomic mass is 10.1. The van der Waals surface area contributed by atoms with Crippen molar-refractivity contribution in [3.05, 3.63) is 76.7 Å². The number of aromatic nitrogens is 2. The molecule has 0 N–H and O–H groups in total. The number of aliphatic imine (C=N–C) groups is 2. The largest absolute Gasteiger partial charge is 0.499 e. The molecule has 0 spiro atoms. The second kappa shape index (κ2) is 20.0. The van der Waals surface area contributed by atoms with E-state index in [0.717, 1.165) is 96.3 Å². The summed E-state index contributed by atoms with van der Waals surface area (Å²) >= 11 is 7.55. The van der Waals surface area contributed by atoms with Crippen molar-refractivity contribution in [1.82, 2.24) is 8.96 Å². The van der Waals surface area contributed by atoms with Crippen molar-refractivity contribution in [2.24, 2.45) is 20.0 Å². The van der Waals surface area contributed by atoms with Crippen LogP contribution in [0.4, 0.5) is 11.6 Å². The topological polar surface area (TPSA) is 162 Å². The molecule has 2 aromatic heterocycles. The molecule has 346 valence electrons. The van der Waals surface area contributed by atoms with E-state index in [4.69, 9.17) is 31.4 Å². The third-order valence-electron chi connectivity index (χ3n) is 13.0. The van der Waals surface area contributed by atoms with Gasteiger partial charge >= 0.3 is 6.40 Å².